The fourth-order valence-corrected chi connectivity index (χ4v) is 1.79. The lowest BCUT2D eigenvalue weighted by Crippen LogP contribution is -2.35. The molecule has 18 heavy (non-hydrogen) atoms. The van der Waals surface area contributed by atoms with Crippen LogP contribution >= 0.6 is 0 Å². The number of hydrogen-bond acceptors (Lipinski definition) is 3. The van der Waals surface area contributed by atoms with Crippen molar-refractivity contribution in [3.05, 3.63) is 28.7 Å². The second-order valence-electron chi connectivity index (χ2n) is 4.34. The van der Waals surface area contributed by atoms with Gasteiger partial charge in [-0.15, -0.1) is 0 Å². The molecule has 0 aliphatic heterocycles. The second-order valence-corrected chi connectivity index (χ2v) is 4.34. The average molecular weight is 248 g/mol. The van der Waals surface area contributed by atoms with Crippen LogP contribution < -0.4 is 16.3 Å². The number of nitrogens with two attached hydrogens (primary N) is 1. The third-order valence-electron chi connectivity index (χ3n) is 2.99. The number of hydrogen-bond donors (Lipinski definition) is 3. The summed E-state index contributed by atoms with van der Waals surface area (Å²) in [4.78, 5) is 30.0. The van der Waals surface area contributed by atoms with Crippen LogP contribution in [-0.2, 0) is 4.79 Å². The fraction of sp³-hybridized carbons (Fsp3) is 0.333. The Labute approximate surface area is 104 Å². The maximum absolute atomic E-state index is 12.0. The summed E-state index contributed by atoms with van der Waals surface area (Å²) in [5, 5.41) is 0. The van der Waals surface area contributed by atoms with Crippen LogP contribution in [0.4, 0.5) is 5.69 Å². The Morgan fingerprint density at radius 3 is 2.72 bits per heavy atom. The summed E-state index contributed by atoms with van der Waals surface area (Å²) in [6.07, 6.45) is 0. The Morgan fingerprint density at radius 2 is 2.06 bits per heavy atom. The van der Waals surface area contributed by atoms with Crippen molar-refractivity contribution in [3.8, 4) is 0 Å². The standard InChI is InChI=1S/C12H16N4O2/c1-7(6-13)11(17)16(2)8-3-4-9-10(5-8)15-12(18)14-9/h3-5,7H,6,13H2,1-2H3,(H2,14,15,18). The van der Waals surface area contributed by atoms with E-state index < -0.39 is 0 Å². The topological polar surface area (TPSA) is 95.0 Å². The summed E-state index contributed by atoms with van der Waals surface area (Å²) in [7, 11) is 1.69. The molecule has 6 nitrogen and oxygen atoms in total. The fourth-order valence-electron chi connectivity index (χ4n) is 1.79. The smallest absolute Gasteiger partial charge is 0.323 e. The number of amides is 1. The summed E-state index contributed by atoms with van der Waals surface area (Å²) in [5.74, 6) is -0.272. The van der Waals surface area contributed by atoms with Gasteiger partial charge in [-0.25, -0.2) is 4.79 Å². The van der Waals surface area contributed by atoms with Crippen molar-refractivity contribution in [2.24, 2.45) is 11.7 Å². The first-order valence-electron chi connectivity index (χ1n) is 5.72. The van der Waals surface area contributed by atoms with E-state index in [1.807, 2.05) is 0 Å². The van der Waals surface area contributed by atoms with Gasteiger partial charge in [-0.3, -0.25) is 4.79 Å². The Kier molecular flexibility index (Phi) is 3.20. The van der Waals surface area contributed by atoms with Crippen molar-refractivity contribution in [2.45, 2.75) is 6.92 Å². The molecule has 2 rings (SSSR count). The number of H-pyrrole nitrogens is 2. The number of benzene rings is 1. The van der Waals surface area contributed by atoms with E-state index in [4.69, 9.17) is 5.73 Å². The van der Waals surface area contributed by atoms with E-state index in [1.54, 1.807) is 37.1 Å². The minimum Gasteiger partial charge on any atom is -0.330 e. The number of carbonyl (C=O) groups is 1. The normalized spacial score (nSPS) is 12.6. The van der Waals surface area contributed by atoms with E-state index in [-0.39, 0.29) is 17.5 Å². The number of aromatic nitrogens is 2. The molecule has 0 saturated heterocycles. The van der Waals surface area contributed by atoms with Crippen molar-refractivity contribution >= 4 is 22.6 Å². The van der Waals surface area contributed by atoms with Crippen molar-refractivity contribution in [3.63, 3.8) is 0 Å². The van der Waals surface area contributed by atoms with Gasteiger partial charge in [0.1, 0.15) is 0 Å². The van der Waals surface area contributed by atoms with Crippen LogP contribution in [0.25, 0.3) is 11.0 Å². The second kappa shape index (κ2) is 4.66. The number of aromatic amines is 2. The molecular formula is C12H16N4O2. The molecule has 1 amide bonds. The van der Waals surface area contributed by atoms with Gasteiger partial charge < -0.3 is 20.6 Å². The molecule has 1 aromatic heterocycles. The summed E-state index contributed by atoms with van der Waals surface area (Å²) in [6.45, 7) is 2.10. The van der Waals surface area contributed by atoms with Gasteiger partial charge in [0.25, 0.3) is 0 Å². The monoisotopic (exact) mass is 248 g/mol. The summed E-state index contributed by atoms with van der Waals surface area (Å²) in [5.41, 5.74) is 7.35. The van der Waals surface area contributed by atoms with E-state index in [9.17, 15) is 9.59 Å². The Balaban J connectivity index is 2.35. The number of nitrogens with zero attached hydrogens (tertiary/aromatic N) is 1. The van der Waals surface area contributed by atoms with Gasteiger partial charge in [0, 0.05) is 25.2 Å². The predicted molar refractivity (Wildman–Crippen MR) is 70.5 cm³/mol. The lowest BCUT2D eigenvalue weighted by Gasteiger charge is -2.20. The lowest BCUT2D eigenvalue weighted by molar-refractivity contribution is -0.121. The summed E-state index contributed by atoms with van der Waals surface area (Å²) in [6, 6.07) is 5.31. The first-order chi connectivity index (χ1) is 8.52. The van der Waals surface area contributed by atoms with E-state index in [0.717, 1.165) is 11.2 Å². The molecule has 6 heteroatoms. The van der Waals surface area contributed by atoms with Crippen LogP contribution in [0.5, 0.6) is 0 Å². The van der Waals surface area contributed by atoms with Gasteiger partial charge in [-0.05, 0) is 18.2 Å². The van der Waals surface area contributed by atoms with Crippen molar-refractivity contribution < 1.29 is 4.79 Å². The molecule has 0 saturated carbocycles. The molecule has 1 heterocycles. The van der Waals surface area contributed by atoms with Gasteiger partial charge in [0.05, 0.1) is 11.0 Å². The number of rotatable bonds is 3. The zero-order valence-corrected chi connectivity index (χ0v) is 10.4. The largest absolute Gasteiger partial charge is 0.330 e. The molecule has 1 unspecified atom stereocenters. The molecule has 1 atom stereocenters. The highest BCUT2D eigenvalue weighted by Crippen LogP contribution is 2.19. The van der Waals surface area contributed by atoms with E-state index >= 15 is 0 Å². The Bertz CT molecular complexity index is 628. The van der Waals surface area contributed by atoms with Gasteiger partial charge in [0.15, 0.2) is 0 Å². The van der Waals surface area contributed by atoms with Gasteiger partial charge in [-0.1, -0.05) is 6.92 Å². The molecule has 0 bridgehead atoms. The third-order valence-corrected chi connectivity index (χ3v) is 2.99. The summed E-state index contributed by atoms with van der Waals surface area (Å²) < 4.78 is 0. The molecule has 0 fully saturated rings. The van der Waals surface area contributed by atoms with Crippen LogP contribution in [0.2, 0.25) is 0 Å². The number of anilines is 1. The highest BCUT2D eigenvalue weighted by Gasteiger charge is 2.17. The van der Waals surface area contributed by atoms with Crippen LogP contribution in [0.15, 0.2) is 23.0 Å². The molecule has 0 aliphatic rings. The van der Waals surface area contributed by atoms with Gasteiger partial charge in [-0.2, -0.15) is 0 Å². The predicted octanol–water partition coefficient (Wildman–Crippen LogP) is 0.414. The van der Waals surface area contributed by atoms with E-state index in [0.29, 0.717) is 12.1 Å². The highest BCUT2D eigenvalue weighted by atomic mass is 16.2. The minimum absolute atomic E-state index is 0.0465. The Hall–Kier alpha value is -2.08. The number of nitrogens with one attached hydrogen (secondary N) is 2. The molecule has 4 N–H and O–H groups in total. The first-order valence-corrected chi connectivity index (χ1v) is 5.72. The maximum Gasteiger partial charge on any atom is 0.323 e. The molecule has 0 aliphatic carbocycles. The number of fused-ring (bicyclic) bond motifs is 1. The Morgan fingerprint density at radius 1 is 1.39 bits per heavy atom. The number of carbonyl (C=O) groups excluding carboxylic acids is 1. The van der Waals surface area contributed by atoms with Crippen LogP contribution in [0.1, 0.15) is 6.92 Å². The van der Waals surface area contributed by atoms with Crippen LogP contribution in [0.3, 0.4) is 0 Å². The van der Waals surface area contributed by atoms with Gasteiger partial charge in [0.2, 0.25) is 5.91 Å². The minimum atomic E-state index is -0.258. The average Bonchev–Trinajstić information content (AvgIpc) is 2.74. The molecule has 0 spiro atoms. The molecular weight excluding hydrogens is 232 g/mol. The SMILES string of the molecule is CC(CN)C(=O)N(C)c1ccc2[nH]c(=O)[nH]c2c1. The molecule has 2 aromatic rings. The zero-order chi connectivity index (χ0) is 13.3. The molecule has 96 valence electrons. The first kappa shape index (κ1) is 12.4. The maximum atomic E-state index is 12.0. The van der Waals surface area contributed by atoms with Crippen molar-refractivity contribution in [1.29, 1.82) is 0 Å². The van der Waals surface area contributed by atoms with Crippen molar-refractivity contribution in [1.82, 2.24) is 9.97 Å². The third kappa shape index (κ3) is 2.14. The highest BCUT2D eigenvalue weighted by molar-refractivity contribution is 5.96. The lowest BCUT2D eigenvalue weighted by atomic mass is 10.1. The number of imidazole rings is 1. The molecule has 0 radical (unpaired) electrons. The summed E-state index contributed by atoms with van der Waals surface area (Å²) >= 11 is 0. The van der Waals surface area contributed by atoms with E-state index in [2.05, 4.69) is 9.97 Å². The van der Waals surface area contributed by atoms with Crippen LogP contribution in [0, 0.1) is 5.92 Å². The van der Waals surface area contributed by atoms with Gasteiger partial charge >= 0.3 is 5.69 Å². The quantitative estimate of drug-likeness (QED) is 0.734. The van der Waals surface area contributed by atoms with E-state index in [1.165, 1.54) is 0 Å². The van der Waals surface area contributed by atoms with Crippen molar-refractivity contribution in [2.75, 3.05) is 18.5 Å². The van der Waals surface area contributed by atoms with Crippen LogP contribution in [-0.4, -0.2) is 29.5 Å². The molecule has 1 aromatic carbocycles. The zero-order valence-electron chi connectivity index (χ0n) is 10.4.